The van der Waals surface area contributed by atoms with Gasteiger partial charge in [-0.05, 0) is 41.6 Å². The van der Waals surface area contributed by atoms with E-state index in [9.17, 15) is 4.79 Å². The number of benzene rings is 1. The molecule has 1 rings (SSSR count). The van der Waals surface area contributed by atoms with Crippen LogP contribution < -0.4 is 0 Å². The van der Waals surface area contributed by atoms with Crippen molar-refractivity contribution < 1.29 is 4.79 Å². The fourth-order valence-corrected chi connectivity index (χ4v) is 2.40. The van der Waals surface area contributed by atoms with Gasteiger partial charge in [0.1, 0.15) is 0 Å². The lowest BCUT2D eigenvalue weighted by Gasteiger charge is -2.15. The Kier molecular flexibility index (Phi) is 6.28. The van der Waals surface area contributed by atoms with Crippen molar-refractivity contribution in [3.63, 3.8) is 0 Å². The molecule has 0 atom stereocenters. The van der Waals surface area contributed by atoms with Gasteiger partial charge in [0.15, 0.2) is 0 Å². The molecule has 0 saturated carbocycles. The maximum absolute atomic E-state index is 10.9. The lowest BCUT2D eigenvalue weighted by Crippen LogP contribution is -2.04. The SMILES string of the molecule is CCCC(CCC)Cc1ccc(C(=O)Cl)cc1. The second kappa shape index (κ2) is 7.50. The average Bonchev–Trinajstić information content (AvgIpc) is 2.30. The third-order valence-corrected chi connectivity index (χ3v) is 3.32. The van der Waals surface area contributed by atoms with Crippen molar-refractivity contribution >= 4 is 16.8 Å². The van der Waals surface area contributed by atoms with Gasteiger partial charge in [-0.3, -0.25) is 4.79 Å². The van der Waals surface area contributed by atoms with E-state index in [1.54, 1.807) is 0 Å². The molecule has 0 heterocycles. The first-order chi connectivity index (χ1) is 8.17. The maximum atomic E-state index is 10.9. The van der Waals surface area contributed by atoms with E-state index < -0.39 is 0 Å². The molecule has 0 aromatic heterocycles. The molecule has 2 heteroatoms. The molecule has 94 valence electrons. The summed E-state index contributed by atoms with van der Waals surface area (Å²) in [7, 11) is 0. The molecule has 0 unspecified atom stereocenters. The number of hydrogen-bond acceptors (Lipinski definition) is 1. The Hall–Kier alpha value is -0.820. The summed E-state index contributed by atoms with van der Waals surface area (Å²) in [6.45, 7) is 4.47. The maximum Gasteiger partial charge on any atom is 0.252 e. The highest BCUT2D eigenvalue weighted by atomic mass is 35.5. The van der Waals surface area contributed by atoms with E-state index in [4.69, 9.17) is 11.6 Å². The summed E-state index contributed by atoms with van der Waals surface area (Å²) in [6, 6.07) is 7.68. The molecular weight excluding hydrogens is 232 g/mol. The molecule has 0 N–H and O–H groups in total. The number of halogens is 1. The van der Waals surface area contributed by atoms with Gasteiger partial charge in [0.25, 0.3) is 5.24 Å². The number of rotatable bonds is 7. The van der Waals surface area contributed by atoms with Crippen LogP contribution in [0.3, 0.4) is 0 Å². The van der Waals surface area contributed by atoms with E-state index >= 15 is 0 Å². The van der Waals surface area contributed by atoms with E-state index in [1.165, 1.54) is 31.2 Å². The van der Waals surface area contributed by atoms with Crippen molar-refractivity contribution in [2.45, 2.75) is 46.0 Å². The lowest BCUT2D eigenvalue weighted by molar-refractivity contribution is 0.108. The highest BCUT2D eigenvalue weighted by molar-refractivity contribution is 6.67. The van der Waals surface area contributed by atoms with Gasteiger partial charge in [-0.15, -0.1) is 0 Å². The van der Waals surface area contributed by atoms with E-state index in [0.29, 0.717) is 5.56 Å². The van der Waals surface area contributed by atoms with Crippen LogP contribution >= 0.6 is 11.6 Å². The van der Waals surface area contributed by atoms with Crippen LogP contribution in [0.4, 0.5) is 0 Å². The van der Waals surface area contributed by atoms with Crippen molar-refractivity contribution in [1.82, 2.24) is 0 Å². The summed E-state index contributed by atoms with van der Waals surface area (Å²) >= 11 is 5.42. The first-order valence-corrected chi connectivity index (χ1v) is 6.83. The number of hydrogen-bond donors (Lipinski definition) is 0. The fraction of sp³-hybridized carbons (Fsp3) is 0.533. The molecule has 0 fully saturated rings. The molecule has 0 aliphatic carbocycles. The Balaban J connectivity index is 2.62. The fourth-order valence-electron chi connectivity index (χ4n) is 2.27. The molecular formula is C15H21ClO. The molecule has 0 bridgehead atoms. The summed E-state index contributed by atoms with van der Waals surface area (Å²) in [5.74, 6) is 0.766. The van der Waals surface area contributed by atoms with Gasteiger partial charge in [-0.2, -0.15) is 0 Å². The van der Waals surface area contributed by atoms with Crippen LogP contribution in [0.25, 0.3) is 0 Å². The predicted octanol–water partition coefficient (Wildman–Crippen LogP) is 4.82. The zero-order chi connectivity index (χ0) is 12.7. The van der Waals surface area contributed by atoms with Crippen LogP contribution in [0.1, 0.15) is 55.5 Å². The summed E-state index contributed by atoms with van der Waals surface area (Å²) < 4.78 is 0. The molecule has 0 amide bonds. The Morgan fingerprint density at radius 1 is 1.12 bits per heavy atom. The van der Waals surface area contributed by atoms with Crippen LogP contribution in [0.2, 0.25) is 0 Å². The van der Waals surface area contributed by atoms with Gasteiger partial charge in [-0.1, -0.05) is 51.7 Å². The van der Waals surface area contributed by atoms with Crippen LogP contribution in [0, 0.1) is 5.92 Å². The molecule has 0 saturated heterocycles. The predicted molar refractivity (Wildman–Crippen MR) is 73.6 cm³/mol. The van der Waals surface area contributed by atoms with Gasteiger partial charge >= 0.3 is 0 Å². The van der Waals surface area contributed by atoms with Crippen LogP contribution in [-0.4, -0.2) is 5.24 Å². The largest absolute Gasteiger partial charge is 0.276 e. The standard InChI is InChI=1S/C15H21ClO/c1-3-5-12(6-4-2)11-13-7-9-14(10-8-13)15(16)17/h7-10,12H,3-6,11H2,1-2H3. The van der Waals surface area contributed by atoms with Crippen molar-refractivity contribution in [2.75, 3.05) is 0 Å². The molecule has 1 aromatic carbocycles. The van der Waals surface area contributed by atoms with Crippen molar-refractivity contribution in [3.8, 4) is 0 Å². The van der Waals surface area contributed by atoms with E-state index in [0.717, 1.165) is 12.3 Å². The van der Waals surface area contributed by atoms with Gasteiger partial charge in [-0.25, -0.2) is 0 Å². The zero-order valence-electron chi connectivity index (χ0n) is 10.7. The molecule has 1 nitrogen and oxygen atoms in total. The molecule has 0 aliphatic rings. The van der Waals surface area contributed by atoms with Crippen molar-refractivity contribution in [1.29, 1.82) is 0 Å². The minimum atomic E-state index is -0.379. The molecule has 0 radical (unpaired) electrons. The monoisotopic (exact) mass is 252 g/mol. The van der Waals surface area contributed by atoms with Crippen LogP contribution in [0.15, 0.2) is 24.3 Å². The van der Waals surface area contributed by atoms with Gasteiger partial charge in [0, 0.05) is 5.56 Å². The second-order valence-electron chi connectivity index (χ2n) is 4.62. The van der Waals surface area contributed by atoms with E-state index in [2.05, 4.69) is 13.8 Å². The third-order valence-electron chi connectivity index (χ3n) is 3.10. The Morgan fingerprint density at radius 3 is 2.06 bits per heavy atom. The third kappa shape index (κ3) is 4.91. The van der Waals surface area contributed by atoms with Gasteiger partial charge in [0.2, 0.25) is 0 Å². The topological polar surface area (TPSA) is 17.1 Å². The first kappa shape index (κ1) is 14.2. The smallest absolute Gasteiger partial charge is 0.252 e. The van der Waals surface area contributed by atoms with Crippen LogP contribution in [0.5, 0.6) is 0 Å². The Morgan fingerprint density at radius 2 is 1.65 bits per heavy atom. The van der Waals surface area contributed by atoms with Gasteiger partial charge < -0.3 is 0 Å². The molecule has 0 aliphatic heterocycles. The summed E-state index contributed by atoms with van der Waals surface area (Å²) in [6.07, 6.45) is 6.15. The Bertz CT molecular complexity index is 336. The lowest BCUT2D eigenvalue weighted by atomic mass is 9.91. The average molecular weight is 253 g/mol. The Labute approximate surface area is 109 Å². The van der Waals surface area contributed by atoms with Gasteiger partial charge in [0.05, 0.1) is 0 Å². The van der Waals surface area contributed by atoms with Crippen molar-refractivity contribution in [3.05, 3.63) is 35.4 Å². The quantitative estimate of drug-likeness (QED) is 0.636. The van der Waals surface area contributed by atoms with Crippen molar-refractivity contribution in [2.24, 2.45) is 5.92 Å². The zero-order valence-corrected chi connectivity index (χ0v) is 11.5. The van der Waals surface area contributed by atoms with E-state index in [-0.39, 0.29) is 5.24 Å². The normalized spacial score (nSPS) is 10.8. The summed E-state index contributed by atoms with van der Waals surface area (Å²) in [4.78, 5) is 10.9. The molecule has 0 spiro atoms. The molecule has 17 heavy (non-hydrogen) atoms. The summed E-state index contributed by atoms with van der Waals surface area (Å²) in [5, 5.41) is -0.379. The molecule has 1 aromatic rings. The minimum Gasteiger partial charge on any atom is -0.276 e. The summed E-state index contributed by atoms with van der Waals surface area (Å²) in [5.41, 5.74) is 1.89. The highest BCUT2D eigenvalue weighted by Crippen LogP contribution is 2.19. The number of carbonyl (C=O) groups is 1. The highest BCUT2D eigenvalue weighted by Gasteiger charge is 2.08. The second-order valence-corrected chi connectivity index (χ2v) is 4.96. The van der Waals surface area contributed by atoms with E-state index in [1.807, 2.05) is 24.3 Å². The number of carbonyl (C=O) groups excluding carboxylic acids is 1. The van der Waals surface area contributed by atoms with Crippen LogP contribution in [-0.2, 0) is 6.42 Å². The minimum absolute atomic E-state index is 0.379. The first-order valence-electron chi connectivity index (χ1n) is 6.46.